The molecule has 2 aromatic carbocycles. The number of benzene rings is 2. The van der Waals surface area contributed by atoms with Crippen molar-refractivity contribution in [2.45, 2.75) is 38.4 Å². The predicted octanol–water partition coefficient (Wildman–Crippen LogP) is 6.26. The molecule has 0 bridgehead atoms. The number of anilines is 1. The second kappa shape index (κ2) is 8.30. The molecule has 3 nitrogen and oxygen atoms in total. The van der Waals surface area contributed by atoms with Gasteiger partial charge in [-0.2, -0.15) is 13.2 Å². The van der Waals surface area contributed by atoms with Crippen LogP contribution >= 0.6 is 22.6 Å². The van der Waals surface area contributed by atoms with Crippen molar-refractivity contribution >= 4 is 28.4 Å². The Kier molecular flexibility index (Phi) is 5.76. The minimum atomic E-state index is -4.54. The summed E-state index contributed by atoms with van der Waals surface area (Å²) in [5.74, 6) is -0.752. The molecule has 150 valence electrons. The summed E-state index contributed by atoms with van der Waals surface area (Å²) >= 11 is 2.31. The van der Waals surface area contributed by atoms with E-state index in [9.17, 15) is 13.2 Å². The van der Waals surface area contributed by atoms with E-state index in [2.05, 4.69) is 50.0 Å². The molecule has 0 amide bonds. The van der Waals surface area contributed by atoms with Gasteiger partial charge in [0.1, 0.15) is 5.82 Å². The second-order valence-corrected chi connectivity index (χ2v) is 8.22. The minimum Gasteiger partial charge on any atom is -0.366 e. The molecule has 1 heterocycles. The summed E-state index contributed by atoms with van der Waals surface area (Å²) in [5.41, 5.74) is 4.59. The molecule has 0 aliphatic heterocycles. The molecule has 0 saturated carbocycles. The Morgan fingerprint density at radius 3 is 2.38 bits per heavy atom. The van der Waals surface area contributed by atoms with Crippen LogP contribution in [-0.2, 0) is 25.6 Å². The lowest BCUT2D eigenvalue weighted by Crippen LogP contribution is -2.19. The monoisotopic (exact) mass is 509 g/mol. The average Bonchev–Trinajstić information content (AvgIpc) is 2.72. The Morgan fingerprint density at radius 2 is 1.66 bits per heavy atom. The number of halogens is 4. The van der Waals surface area contributed by atoms with Crippen molar-refractivity contribution in [3.63, 3.8) is 0 Å². The molecule has 29 heavy (non-hydrogen) atoms. The Morgan fingerprint density at radius 1 is 0.931 bits per heavy atom. The first kappa shape index (κ1) is 20.1. The van der Waals surface area contributed by atoms with Crippen LogP contribution in [-0.4, -0.2) is 9.97 Å². The second-order valence-electron chi connectivity index (χ2n) is 7.06. The summed E-state index contributed by atoms with van der Waals surface area (Å²) in [4.78, 5) is 7.58. The minimum absolute atomic E-state index is 0.309. The molecule has 4 rings (SSSR count). The molecule has 0 spiro atoms. The fourth-order valence-corrected chi connectivity index (χ4v) is 4.25. The van der Waals surface area contributed by atoms with Gasteiger partial charge in [-0.05, 0) is 71.0 Å². The van der Waals surface area contributed by atoms with E-state index >= 15 is 0 Å². The number of nitrogens with one attached hydrogen (secondary N) is 1. The summed E-state index contributed by atoms with van der Waals surface area (Å²) < 4.78 is 40.7. The van der Waals surface area contributed by atoms with E-state index in [0.29, 0.717) is 30.9 Å². The fourth-order valence-electron chi connectivity index (χ4n) is 3.55. The van der Waals surface area contributed by atoms with Gasteiger partial charge < -0.3 is 5.32 Å². The maximum absolute atomic E-state index is 13.2. The molecule has 1 aromatic heterocycles. The van der Waals surface area contributed by atoms with E-state index in [0.717, 1.165) is 35.1 Å². The van der Waals surface area contributed by atoms with Crippen molar-refractivity contribution < 1.29 is 13.2 Å². The molecule has 1 aliphatic rings. The zero-order valence-corrected chi connectivity index (χ0v) is 17.7. The standard InChI is InChI=1S/C22H19F3IN3/c23-22(24,25)21-28-19-8-4-2-6-17(19)20(29-21)27-13-14-9-11-15(12-10-14)16-5-1-3-7-18(16)26/h1,3,5,7,9-12H,2,4,6,8,13H2,(H,27,28,29). The predicted molar refractivity (Wildman–Crippen MR) is 116 cm³/mol. The molecular weight excluding hydrogens is 490 g/mol. The highest BCUT2D eigenvalue weighted by Crippen LogP contribution is 2.32. The Hall–Kier alpha value is -2.16. The smallest absolute Gasteiger partial charge is 0.366 e. The van der Waals surface area contributed by atoms with Crippen molar-refractivity contribution in [3.8, 4) is 11.1 Å². The first-order valence-electron chi connectivity index (χ1n) is 9.46. The number of alkyl halides is 3. The Balaban J connectivity index is 1.55. The van der Waals surface area contributed by atoms with Crippen molar-refractivity contribution in [1.82, 2.24) is 9.97 Å². The summed E-state index contributed by atoms with van der Waals surface area (Å²) in [6, 6.07) is 16.2. The fraction of sp³-hybridized carbons (Fsp3) is 0.273. The summed E-state index contributed by atoms with van der Waals surface area (Å²) in [6.07, 6.45) is -1.46. The molecule has 0 unspecified atom stereocenters. The van der Waals surface area contributed by atoms with Crippen LogP contribution in [0.1, 0.15) is 35.5 Å². The molecule has 0 radical (unpaired) electrons. The van der Waals surface area contributed by atoms with Crippen molar-refractivity contribution in [3.05, 3.63) is 74.7 Å². The van der Waals surface area contributed by atoms with Gasteiger partial charge in [-0.25, -0.2) is 9.97 Å². The summed E-state index contributed by atoms with van der Waals surface area (Å²) in [7, 11) is 0. The van der Waals surface area contributed by atoms with Crippen LogP contribution in [0.4, 0.5) is 19.0 Å². The van der Waals surface area contributed by atoms with Crippen LogP contribution < -0.4 is 5.32 Å². The van der Waals surface area contributed by atoms with Crippen LogP contribution in [0.15, 0.2) is 48.5 Å². The highest BCUT2D eigenvalue weighted by Gasteiger charge is 2.36. The molecular formula is C22H19F3IN3. The van der Waals surface area contributed by atoms with Gasteiger partial charge in [0.25, 0.3) is 0 Å². The highest BCUT2D eigenvalue weighted by molar-refractivity contribution is 14.1. The van der Waals surface area contributed by atoms with Crippen molar-refractivity contribution in [1.29, 1.82) is 0 Å². The quantitative estimate of drug-likeness (QED) is 0.422. The zero-order valence-electron chi connectivity index (χ0n) is 15.6. The number of fused-ring (bicyclic) bond motifs is 1. The van der Waals surface area contributed by atoms with Crippen molar-refractivity contribution in [2.75, 3.05) is 5.32 Å². The number of aromatic nitrogens is 2. The number of hydrogen-bond donors (Lipinski definition) is 1. The molecule has 0 atom stereocenters. The Bertz CT molecular complexity index is 1020. The average molecular weight is 509 g/mol. The first-order chi connectivity index (χ1) is 13.9. The van der Waals surface area contributed by atoms with Crippen molar-refractivity contribution in [2.24, 2.45) is 0 Å². The van der Waals surface area contributed by atoms with Crippen LogP contribution in [0.5, 0.6) is 0 Å². The normalized spacial score (nSPS) is 13.8. The third kappa shape index (κ3) is 4.55. The SMILES string of the molecule is FC(F)(F)c1nc2c(c(NCc3ccc(-c4ccccc4I)cc3)n1)CCCC2. The number of hydrogen-bond acceptors (Lipinski definition) is 3. The first-order valence-corrected chi connectivity index (χ1v) is 10.5. The van der Waals surface area contributed by atoms with Gasteiger partial charge in [0.15, 0.2) is 0 Å². The molecule has 0 saturated heterocycles. The van der Waals surface area contributed by atoms with Crippen LogP contribution in [0.3, 0.4) is 0 Å². The van der Waals surface area contributed by atoms with Gasteiger partial charge >= 0.3 is 6.18 Å². The number of rotatable bonds is 4. The molecule has 0 fully saturated rings. The van der Waals surface area contributed by atoms with Crippen LogP contribution in [0, 0.1) is 3.57 Å². The van der Waals surface area contributed by atoms with Crippen LogP contribution in [0.2, 0.25) is 0 Å². The lowest BCUT2D eigenvalue weighted by Gasteiger charge is -2.20. The summed E-state index contributed by atoms with van der Waals surface area (Å²) in [6.45, 7) is 0.410. The van der Waals surface area contributed by atoms with Gasteiger partial charge in [0.2, 0.25) is 5.82 Å². The maximum Gasteiger partial charge on any atom is 0.451 e. The van der Waals surface area contributed by atoms with Gasteiger partial charge in [-0.1, -0.05) is 42.5 Å². The van der Waals surface area contributed by atoms with E-state index in [-0.39, 0.29) is 0 Å². The molecule has 7 heteroatoms. The maximum atomic E-state index is 13.2. The number of nitrogens with zero attached hydrogens (tertiary/aromatic N) is 2. The van der Waals surface area contributed by atoms with Gasteiger partial charge in [-0.3, -0.25) is 0 Å². The molecule has 1 N–H and O–H groups in total. The van der Waals surface area contributed by atoms with Gasteiger partial charge in [0.05, 0.1) is 0 Å². The number of aryl methyl sites for hydroxylation is 1. The Labute approximate surface area is 180 Å². The molecule has 1 aliphatic carbocycles. The lowest BCUT2D eigenvalue weighted by atomic mass is 9.96. The zero-order chi connectivity index (χ0) is 20.4. The van der Waals surface area contributed by atoms with Crippen LogP contribution in [0.25, 0.3) is 11.1 Å². The third-order valence-electron chi connectivity index (χ3n) is 5.04. The van der Waals surface area contributed by atoms with E-state index in [1.165, 1.54) is 3.57 Å². The topological polar surface area (TPSA) is 37.8 Å². The van der Waals surface area contributed by atoms with E-state index in [1.54, 1.807) is 0 Å². The van der Waals surface area contributed by atoms with E-state index in [1.807, 2.05) is 36.4 Å². The largest absolute Gasteiger partial charge is 0.451 e. The summed E-state index contributed by atoms with van der Waals surface area (Å²) in [5, 5.41) is 3.12. The lowest BCUT2D eigenvalue weighted by molar-refractivity contribution is -0.145. The highest BCUT2D eigenvalue weighted by atomic mass is 127. The third-order valence-corrected chi connectivity index (χ3v) is 5.98. The van der Waals surface area contributed by atoms with E-state index < -0.39 is 12.0 Å². The molecule has 3 aromatic rings. The van der Waals surface area contributed by atoms with E-state index in [4.69, 9.17) is 0 Å². The van der Waals surface area contributed by atoms with Gasteiger partial charge in [-0.15, -0.1) is 0 Å². The van der Waals surface area contributed by atoms with Gasteiger partial charge in [0, 0.05) is 21.4 Å².